The number of Topliss-reactive ketones (excluding diaryl/α,β-unsaturated/α-hetero) is 1. The lowest BCUT2D eigenvalue weighted by Crippen LogP contribution is -2.32. The smallest absolute Gasteiger partial charge is 0.253 e. The predicted octanol–water partition coefficient (Wildman–Crippen LogP) is 4.08. The van der Waals surface area contributed by atoms with Gasteiger partial charge in [-0.05, 0) is 67.9 Å². The van der Waals surface area contributed by atoms with Gasteiger partial charge in [0, 0.05) is 31.6 Å². The van der Waals surface area contributed by atoms with Crippen molar-refractivity contribution in [2.24, 2.45) is 0 Å². The first-order chi connectivity index (χ1) is 15.6. The summed E-state index contributed by atoms with van der Waals surface area (Å²) in [5, 5.41) is 5.67. The van der Waals surface area contributed by atoms with Gasteiger partial charge in [-0.2, -0.15) is 0 Å². The van der Waals surface area contributed by atoms with Crippen LogP contribution in [0.5, 0.6) is 0 Å². The maximum absolute atomic E-state index is 12.6. The number of ketones is 1. The summed E-state index contributed by atoms with van der Waals surface area (Å²) in [5.41, 5.74) is 4.12. The molecule has 32 heavy (non-hydrogen) atoms. The molecule has 0 radical (unpaired) electrons. The summed E-state index contributed by atoms with van der Waals surface area (Å²) in [7, 11) is 0. The summed E-state index contributed by atoms with van der Waals surface area (Å²) in [6.45, 7) is 1.19. The van der Waals surface area contributed by atoms with Crippen LogP contribution < -0.4 is 10.6 Å². The normalized spacial score (nSPS) is 17.4. The zero-order valence-electron chi connectivity index (χ0n) is 18.3. The van der Waals surface area contributed by atoms with E-state index in [1.165, 1.54) is 17.5 Å². The van der Waals surface area contributed by atoms with Gasteiger partial charge in [0.2, 0.25) is 5.91 Å². The Kier molecular flexibility index (Phi) is 7.32. The Balaban J connectivity index is 1.31. The lowest BCUT2D eigenvalue weighted by Gasteiger charge is -2.16. The molecule has 1 unspecified atom stereocenters. The van der Waals surface area contributed by atoms with E-state index < -0.39 is 0 Å². The Morgan fingerprint density at radius 2 is 1.75 bits per heavy atom. The number of amides is 2. The summed E-state index contributed by atoms with van der Waals surface area (Å²) in [4.78, 5) is 37.7. The van der Waals surface area contributed by atoms with Gasteiger partial charge in [-0.3, -0.25) is 14.4 Å². The molecule has 2 aliphatic rings. The molecule has 6 nitrogen and oxygen atoms in total. The lowest BCUT2D eigenvalue weighted by atomic mass is 9.89. The predicted molar refractivity (Wildman–Crippen MR) is 123 cm³/mol. The first kappa shape index (κ1) is 22.2. The molecule has 0 bridgehead atoms. The second kappa shape index (κ2) is 10.6. The van der Waals surface area contributed by atoms with E-state index in [2.05, 4.69) is 10.6 Å². The fraction of sp³-hybridized carbons (Fsp3) is 0.423. The van der Waals surface area contributed by atoms with Crippen LogP contribution in [0.4, 0.5) is 5.69 Å². The Morgan fingerprint density at radius 1 is 0.938 bits per heavy atom. The number of anilines is 1. The summed E-state index contributed by atoms with van der Waals surface area (Å²) in [6.07, 6.45) is 6.67. The number of aryl methyl sites for hydroxylation is 2. The van der Waals surface area contributed by atoms with Crippen LogP contribution in [0.1, 0.15) is 70.4 Å². The lowest BCUT2D eigenvalue weighted by molar-refractivity contribution is -0.116. The van der Waals surface area contributed by atoms with E-state index in [4.69, 9.17) is 4.74 Å². The van der Waals surface area contributed by atoms with Gasteiger partial charge in [0.25, 0.3) is 5.91 Å². The first-order valence-corrected chi connectivity index (χ1v) is 11.5. The number of hydrogen-bond acceptors (Lipinski definition) is 4. The van der Waals surface area contributed by atoms with Crippen molar-refractivity contribution in [1.29, 1.82) is 0 Å². The number of benzene rings is 2. The highest BCUT2D eigenvalue weighted by molar-refractivity contribution is 6.05. The van der Waals surface area contributed by atoms with Crippen LogP contribution in [0.2, 0.25) is 0 Å². The number of hydrogen-bond donors (Lipinski definition) is 2. The summed E-state index contributed by atoms with van der Waals surface area (Å²) >= 11 is 0. The molecule has 0 spiro atoms. The molecule has 1 aliphatic heterocycles. The highest BCUT2D eigenvalue weighted by atomic mass is 16.5. The number of ether oxygens (including phenoxy) is 1. The molecule has 4 rings (SSSR count). The van der Waals surface area contributed by atoms with Crippen LogP contribution in [0.3, 0.4) is 0 Å². The van der Waals surface area contributed by atoms with E-state index in [9.17, 15) is 14.4 Å². The topological polar surface area (TPSA) is 84.5 Å². The average Bonchev–Trinajstić information content (AvgIpc) is 3.35. The van der Waals surface area contributed by atoms with Crippen molar-refractivity contribution in [1.82, 2.24) is 5.32 Å². The fourth-order valence-electron chi connectivity index (χ4n) is 4.39. The zero-order valence-corrected chi connectivity index (χ0v) is 18.3. The standard InChI is InChI=1S/C26H30N2O4/c29-24(20-12-11-18-6-1-2-7-19(18)16-20)13-14-25(30)28-23-10-4-3-9-22(23)26(31)27-17-21-8-5-15-32-21/h3-4,9-12,16,21H,1-2,5-8,13-15,17H2,(H,27,31)(H,28,30). The fourth-order valence-corrected chi connectivity index (χ4v) is 4.39. The van der Waals surface area contributed by atoms with Gasteiger partial charge >= 0.3 is 0 Å². The minimum Gasteiger partial charge on any atom is -0.376 e. The summed E-state index contributed by atoms with van der Waals surface area (Å²) in [6, 6.07) is 12.8. The highest BCUT2D eigenvalue weighted by Crippen LogP contribution is 2.23. The largest absolute Gasteiger partial charge is 0.376 e. The zero-order chi connectivity index (χ0) is 22.3. The van der Waals surface area contributed by atoms with Crippen molar-refractivity contribution in [3.63, 3.8) is 0 Å². The molecular formula is C26H30N2O4. The molecule has 6 heteroatoms. The van der Waals surface area contributed by atoms with Crippen molar-refractivity contribution in [2.45, 2.75) is 57.5 Å². The maximum atomic E-state index is 12.6. The van der Waals surface area contributed by atoms with Gasteiger partial charge in [0.05, 0.1) is 17.4 Å². The van der Waals surface area contributed by atoms with Crippen LogP contribution in [-0.2, 0) is 22.4 Å². The summed E-state index contributed by atoms with van der Waals surface area (Å²) in [5.74, 6) is -0.562. The van der Waals surface area contributed by atoms with Gasteiger partial charge < -0.3 is 15.4 Å². The molecule has 1 aliphatic carbocycles. The molecule has 2 N–H and O–H groups in total. The molecule has 2 aromatic carbocycles. The van der Waals surface area contributed by atoms with Crippen molar-refractivity contribution in [3.8, 4) is 0 Å². The molecule has 1 heterocycles. The van der Waals surface area contributed by atoms with Gasteiger partial charge in [-0.1, -0.05) is 24.3 Å². The molecule has 1 saturated heterocycles. The second-order valence-corrected chi connectivity index (χ2v) is 8.55. The molecular weight excluding hydrogens is 404 g/mol. The molecule has 0 aromatic heterocycles. The van der Waals surface area contributed by atoms with E-state index in [1.54, 1.807) is 24.3 Å². The molecule has 0 saturated carbocycles. The monoisotopic (exact) mass is 434 g/mol. The molecule has 2 aromatic rings. The van der Waals surface area contributed by atoms with Gasteiger partial charge in [0.1, 0.15) is 0 Å². The van der Waals surface area contributed by atoms with Crippen LogP contribution in [0.25, 0.3) is 0 Å². The van der Waals surface area contributed by atoms with Crippen molar-refractivity contribution >= 4 is 23.3 Å². The first-order valence-electron chi connectivity index (χ1n) is 11.5. The molecule has 1 atom stereocenters. The van der Waals surface area contributed by atoms with Crippen molar-refractivity contribution in [2.75, 3.05) is 18.5 Å². The third-order valence-corrected chi connectivity index (χ3v) is 6.21. The average molecular weight is 435 g/mol. The van der Waals surface area contributed by atoms with Crippen LogP contribution in [-0.4, -0.2) is 36.9 Å². The van der Waals surface area contributed by atoms with E-state index in [0.717, 1.165) is 38.7 Å². The number of nitrogens with one attached hydrogen (secondary N) is 2. The van der Waals surface area contributed by atoms with Gasteiger partial charge in [-0.25, -0.2) is 0 Å². The SMILES string of the molecule is O=C(CCC(=O)c1ccc2c(c1)CCCC2)Nc1ccccc1C(=O)NCC1CCCO1. The van der Waals surface area contributed by atoms with Gasteiger partial charge in [0.15, 0.2) is 5.78 Å². The number of carbonyl (C=O) groups is 3. The third kappa shape index (κ3) is 5.62. The second-order valence-electron chi connectivity index (χ2n) is 8.55. The Morgan fingerprint density at radius 3 is 2.56 bits per heavy atom. The number of rotatable bonds is 8. The Hall–Kier alpha value is -2.99. The minimum absolute atomic E-state index is 0.0314. The van der Waals surface area contributed by atoms with Crippen LogP contribution in [0.15, 0.2) is 42.5 Å². The molecule has 168 valence electrons. The van der Waals surface area contributed by atoms with Gasteiger partial charge in [-0.15, -0.1) is 0 Å². The Labute approximate surface area is 188 Å². The van der Waals surface area contributed by atoms with Crippen LogP contribution >= 0.6 is 0 Å². The third-order valence-electron chi connectivity index (χ3n) is 6.21. The Bertz CT molecular complexity index is 995. The van der Waals surface area contributed by atoms with Crippen molar-refractivity contribution in [3.05, 3.63) is 64.7 Å². The highest BCUT2D eigenvalue weighted by Gasteiger charge is 2.19. The van der Waals surface area contributed by atoms with E-state index in [1.807, 2.05) is 18.2 Å². The van der Waals surface area contributed by atoms with E-state index in [-0.39, 0.29) is 36.5 Å². The number of carbonyl (C=O) groups excluding carboxylic acids is 3. The van der Waals surface area contributed by atoms with E-state index in [0.29, 0.717) is 23.4 Å². The van der Waals surface area contributed by atoms with Crippen molar-refractivity contribution < 1.29 is 19.1 Å². The minimum atomic E-state index is -0.282. The van der Waals surface area contributed by atoms with Crippen LogP contribution in [0, 0.1) is 0 Å². The maximum Gasteiger partial charge on any atom is 0.253 e. The van der Waals surface area contributed by atoms with E-state index >= 15 is 0 Å². The number of para-hydroxylation sites is 1. The molecule has 2 amide bonds. The molecule has 1 fully saturated rings. The summed E-state index contributed by atoms with van der Waals surface area (Å²) < 4.78 is 5.54. The number of fused-ring (bicyclic) bond motifs is 1. The quantitative estimate of drug-likeness (QED) is 0.613.